The standard InChI is InChI=1S/C15H21NO5/c1-16(2)7-6-14(17)13-5-4-12(10-15(13)18)21-11-20-9-8-19-3/h4-7,10,18H,8-9,11H2,1-3H3/b7-6+. The lowest BCUT2D eigenvalue weighted by atomic mass is 10.1. The highest BCUT2D eigenvalue weighted by Gasteiger charge is 2.09. The number of aromatic hydroxyl groups is 1. The number of carbonyl (C=O) groups excluding carboxylic acids is 1. The molecule has 1 N–H and O–H groups in total. The van der Waals surface area contributed by atoms with E-state index in [1.54, 1.807) is 24.3 Å². The van der Waals surface area contributed by atoms with E-state index in [4.69, 9.17) is 14.2 Å². The third kappa shape index (κ3) is 6.29. The zero-order chi connectivity index (χ0) is 15.7. The van der Waals surface area contributed by atoms with Gasteiger partial charge in [-0.1, -0.05) is 0 Å². The summed E-state index contributed by atoms with van der Waals surface area (Å²) in [6.45, 7) is 0.964. The van der Waals surface area contributed by atoms with Crippen LogP contribution >= 0.6 is 0 Å². The van der Waals surface area contributed by atoms with Gasteiger partial charge in [-0.2, -0.15) is 0 Å². The fraction of sp³-hybridized carbons (Fsp3) is 0.400. The third-order valence-corrected chi connectivity index (χ3v) is 2.50. The van der Waals surface area contributed by atoms with Crippen LogP contribution in [0.4, 0.5) is 0 Å². The molecule has 21 heavy (non-hydrogen) atoms. The van der Waals surface area contributed by atoms with Crippen LogP contribution in [0, 0.1) is 0 Å². The van der Waals surface area contributed by atoms with Gasteiger partial charge >= 0.3 is 0 Å². The smallest absolute Gasteiger partial charge is 0.190 e. The number of phenols is 1. The van der Waals surface area contributed by atoms with Gasteiger partial charge in [0.05, 0.1) is 18.8 Å². The minimum atomic E-state index is -0.274. The molecule has 0 aliphatic heterocycles. The molecule has 0 radical (unpaired) electrons. The van der Waals surface area contributed by atoms with Crippen LogP contribution in [0.3, 0.4) is 0 Å². The molecule has 0 unspecified atom stereocenters. The maximum atomic E-state index is 11.9. The van der Waals surface area contributed by atoms with Gasteiger partial charge in [-0.05, 0) is 12.1 Å². The molecular weight excluding hydrogens is 274 g/mol. The van der Waals surface area contributed by atoms with E-state index in [2.05, 4.69) is 0 Å². The van der Waals surface area contributed by atoms with Crippen molar-refractivity contribution in [2.24, 2.45) is 0 Å². The fourth-order valence-corrected chi connectivity index (χ4v) is 1.43. The lowest BCUT2D eigenvalue weighted by Gasteiger charge is -2.09. The number of ether oxygens (including phenoxy) is 3. The second-order valence-electron chi connectivity index (χ2n) is 4.49. The lowest BCUT2D eigenvalue weighted by Crippen LogP contribution is -2.08. The Morgan fingerprint density at radius 2 is 2.10 bits per heavy atom. The van der Waals surface area contributed by atoms with Gasteiger partial charge in [0, 0.05) is 39.5 Å². The SMILES string of the molecule is COCCOCOc1ccc(C(=O)/C=C/N(C)C)c(O)c1. The molecule has 0 aliphatic carbocycles. The van der Waals surface area contributed by atoms with E-state index in [0.717, 1.165) is 0 Å². The number of phenolic OH excluding ortho intramolecular Hbond substituents is 1. The van der Waals surface area contributed by atoms with Gasteiger partial charge in [-0.15, -0.1) is 0 Å². The molecule has 0 fully saturated rings. The Labute approximate surface area is 124 Å². The number of ketones is 1. The van der Waals surface area contributed by atoms with E-state index >= 15 is 0 Å². The summed E-state index contributed by atoms with van der Waals surface area (Å²) >= 11 is 0. The van der Waals surface area contributed by atoms with Crippen molar-refractivity contribution >= 4 is 5.78 Å². The van der Waals surface area contributed by atoms with Crippen molar-refractivity contribution in [1.82, 2.24) is 4.90 Å². The molecule has 1 rings (SSSR count). The number of allylic oxidation sites excluding steroid dienone is 1. The fourth-order valence-electron chi connectivity index (χ4n) is 1.43. The normalized spacial score (nSPS) is 10.8. The summed E-state index contributed by atoms with van der Waals surface area (Å²) < 4.78 is 15.3. The van der Waals surface area contributed by atoms with Gasteiger partial charge < -0.3 is 24.2 Å². The average Bonchev–Trinajstić information content (AvgIpc) is 2.44. The van der Waals surface area contributed by atoms with Crippen LogP contribution in [-0.2, 0) is 9.47 Å². The number of carbonyl (C=O) groups is 1. The van der Waals surface area contributed by atoms with Crippen LogP contribution in [0.25, 0.3) is 0 Å². The van der Waals surface area contributed by atoms with Gasteiger partial charge in [0.15, 0.2) is 12.6 Å². The summed E-state index contributed by atoms with van der Waals surface area (Å²) in [5.74, 6) is 0.0277. The van der Waals surface area contributed by atoms with Crippen LogP contribution in [0.2, 0.25) is 0 Å². The predicted molar refractivity (Wildman–Crippen MR) is 78.6 cm³/mol. The Morgan fingerprint density at radius 1 is 1.33 bits per heavy atom. The molecule has 0 aliphatic rings. The van der Waals surface area contributed by atoms with Crippen LogP contribution in [-0.4, -0.2) is 57.0 Å². The molecular formula is C15H21NO5. The van der Waals surface area contributed by atoms with E-state index in [-0.39, 0.29) is 23.9 Å². The van der Waals surface area contributed by atoms with Crippen molar-refractivity contribution in [2.75, 3.05) is 41.2 Å². The van der Waals surface area contributed by atoms with Crippen LogP contribution < -0.4 is 4.74 Å². The molecule has 0 saturated carbocycles. The molecule has 0 spiro atoms. The maximum Gasteiger partial charge on any atom is 0.190 e. The van der Waals surface area contributed by atoms with Gasteiger partial charge in [0.2, 0.25) is 0 Å². The minimum Gasteiger partial charge on any atom is -0.507 e. The van der Waals surface area contributed by atoms with Gasteiger partial charge in [-0.3, -0.25) is 4.79 Å². The molecule has 6 heteroatoms. The van der Waals surface area contributed by atoms with E-state index in [9.17, 15) is 9.90 Å². The molecule has 0 atom stereocenters. The Kier molecular flexibility index (Phi) is 7.28. The lowest BCUT2D eigenvalue weighted by molar-refractivity contribution is -0.00853. The number of rotatable bonds is 9. The summed E-state index contributed by atoms with van der Waals surface area (Å²) in [7, 11) is 5.21. The van der Waals surface area contributed by atoms with Crippen molar-refractivity contribution in [3.8, 4) is 11.5 Å². The second-order valence-corrected chi connectivity index (χ2v) is 4.49. The molecule has 6 nitrogen and oxygen atoms in total. The van der Waals surface area contributed by atoms with Gasteiger partial charge in [0.25, 0.3) is 0 Å². The summed E-state index contributed by atoms with van der Waals surface area (Å²) in [5, 5.41) is 9.86. The first-order valence-corrected chi connectivity index (χ1v) is 6.46. The molecule has 0 aromatic heterocycles. The quantitative estimate of drug-likeness (QED) is 0.323. The summed E-state index contributed by atoms with van der Waals surface area (Å²) in [4.78, 5) is 13.6. The number of methoxy groups -OCH3 is 1. The Balaban J connectivity index is 2.57. The molecule has 0 heterocycles. The number of benzene rings is 1. The Bertz CT molecular complexity index is 485. The van der Waals surface area contributed by atoms with Crippen molar-refractivity contribution in [3.05, 3.63) is 36.0 Å². The zero-order valence-corrected chi connectivity index (χ0v) is 12.5. The van der Waals surface area contributed by atoms with Crippen LogP contribution in [0.15, 0.2) is 30.5 Å². The minimum absolute atomic E-state index is 0.0522. The molecule has 0 saturated heterocycles. The second kappa shape index (κ2) is 8.99. The van der Waals surface area contributed by atoms with Gasteiger partial charge in [-0.25, -0.2) is 0 Å². The maximum absolute atomic E-state index is 11.9. The zero-order valence-electron chi connectivity index (χ0n) is 12.5. The number of nitrogens with zero attached hydrogens (tertiary/aromatic N) is 1. The molecule has 1 aromatic carbocycles. The topological polar surface area (TPSA) is 68.2 Å². The first-order chi connectivity index (χ1) is 10.0. The van der Waals surface area contributed by atoms with E-state index < -0.39 is 0 Å². The highest BCUT2D eigenvalue weighted by Crippen LogP contribution is 2.24. The molecule has 116 valence electrons. The van der Waals surface area contributed by atoms with Crippen molar-refractivity contribution in [2.45, 2.75) is 0 Å². The third-order valence-electron chi connectivity index (χ3n) is 2.50. The molecule has 0 amide bonds. The first kappa shape index (κ1) is 17.0. The summed E-state index contributed by atoms with van der Waals surface area (Å²) in [6, 6.07) is 4.51. The molecule has 0 bridgehead atoms. The largest absolute Gasteiger partial charge is 0.507 e. The van der Waals surface area contributed by atoms with Crippen LogP contribution in [0.5, 0.6) is 11.5 Å². The van der Waals surface area contributed by atoms with E-state index in [1.165, 1.54) is 18.2 Å². The molecule has 1 aromatic rings. The van der Waals surface area contributed by atoms with Gasteiger partial charge in [0.1, 0.15) is 11.5 Å². The van der Waals surface area contributed by atoms with Crippen molar-refractivity contribution in [1.29, 1.82) is 0 Å². The summed E-state index contributed by atoms with van der Waals surface area (Å²) in [6.07, 6.45) is 3.01. The Morgan fingerprint density at radius 3 is 2.71 bits per heavy atom. The highest BCUT2D eigenvalue weighted by molar-refractivity contribution is 6.06. The first-order valence-electron chi connectivity index (χ1n) is 6.46. The monoisotopic (exact) mass is 295 g/mol. The highest BCUT2D eigenvalue weighted by atomic mass is 16.7. The van der Waals surface area contributed by atoms with E-state index in [1.807, 2.05) is 14.1 Å². The van der Waals surface area contributed by atoms with Crippen LogP contribution in [0.1, 0.15) is 10.4 Å². The van der Waals surface area contributed by atoms with Crippen molar-refractivity contribution < 1.29 is 24.1 Å². The Hall–Kier alpha value is -2.05. The average molecular weight is 295 g/mol. The number of hydrogen-bond acceptors (Lipinski definition) is 6. The van der Waals surface area contributed by atoms with E-state index in [0.29, 0.717) is 19.0 Å². The summed E-state index contributed by atoms with van der Waals surface area (Å²) in [5.41, 5.74) is 0.223. The number of hydrogen-bond donors (Lipinski definition) is 1. The predicted octanol–water partition coefficient (Wildman–Crippen LogP) is 1.65. The van der Waals surface area contributed by atoms with Crippen molar-refractivity contribution in [3.63, 3.8) is 0 Å².